The van der Waals surface area contributed by atoms with Crippen LogP contribution in [-0.4, -0.2) is 48.1 Å². The van der Waals surface area contributed by atoms with Crippen LogP contribution in [0.5, 0.6) is 0 Å². The van der Waals surface area contributed by atoms with Gasteiger partial charge in [-0.1, -0.05) is 24.3 Å². The lowest BCUT2D eigenvalue weighted by Crippen LogP contribution is -2.48. The number of likely N-dealkylation sites (tertiary alicyclic amines) is 1. The molecule has 0 unspecified atom stereocenters. The van der Waals surface area contributed by atoms with Crippen molar-refractivity contribution in [1.82, 2.24) is 15.2 Å². The molecule has 1 amide bonds. The molecule has 0 atom stereocenters. The first kappa shape index (κ1) is 19.6. The van der Waals surface area contributed by atoms with Gasteiger partial charge < -0.3 is 10.1 Å². The fourth-order valence-corrected chi connectivity index (χ4v) is 4.79. The van der Waals surface area contributed by atoms with Crippen LogP contribution < -0.4 is 5.32 Å². The summed E-state index contributed by atoms with van der Waals surface area (Å²) in [4.78, 5) is 20.6. The Kier molecular flexibility index (Phi) is 6.09. The van der Waals surface area contributed by atoms with Gasteiger partial charge in [0.15, 0.2) is 0 Å². The van der Waals surface area contributed by atoms with Gasteiger partial charge >= 0.3 is 0 Å². The first-order chi connectivity index (χ1) is 13.6. The van der Waals surface area contributed by atoms with Gasteiger partial charge in [0.1, 0.15) is 0 Å². The lowest BCUT2D eigenvalue weighted by Gasteiger charge is -2.41. The van der Waals surface area contributed by atoms with Crippen LogP contribution in [0.25, 0.3) is 10.4 Å². The predicted molar refractivity (Wildman–Crippen MR) is 112 cm³/mol. The van der Waals surface area contributed by atoms with Crippen molar-refractivity contribution in [2.75, 3.05) is 26.3 Å². The molecule has 0 radical (unpaired) electrons. The van der Waals surface area contributed by atoms with Gasteiger partial charge in [-0.25, -0.2) is 4.98 Å². The molecule has 0 aliphatic carbocycles. The van der Waals surface area contributed by atoms with Gasteiger partial charge in [-0.3, -0.25) is 9.69 Å². The molecular formula is C22H29N3O2S. The Morgan fingerprint density at radius 2 is 1.96 bits per heavy atom. The molecular weight excluding hydrogens is 370 g/mol. The number of carbonyl (C=O) groups excluding carboxylic acids is 1. The zero-order valence-electron chi connectivity index (χ0n) is 16.7. The highest BCUT2D eigenvalue weighted by Crippen LogP contribution is 2.35. The second kappa shape index (κ2) is 8.72. The number of nitrogens with zero attached hydrogens (tertiary/aromatic N) is 2. The lowest BCUT2D eigenvalue weighted by atomic mass is 9.99. The van der Waals surface area contributed by atoms with Crippen LogP contribution in [0.3, 0.4) is 0 Å². The van der Waals surface area contributed by atoms with Crippen molar-refractivity contribution >= 4 is 17.2 Å². The number of benzene rings is 1. The minimum absolute atomic E-state index is 0.0989. The second-order valence-corrected chi connectivity index (χ2v) is 9.17. The third kappa shape index (κ3) is 4.45. The molecule has 150 valence electrons. The van der Waals surface area contributed by atoms with E-state index in [1.807, 2.05) is 17.5 Å². The van der Waals surface area contributed by atoms with Crippen LogP contribution in [0.15, 0.2) is 30.5 Å². The van der Waals surface area contributed by atoms with Crippen molar-refractivity contribution in [2.24, 2.45) is 5.92 Å². The second-order valence-electron chi connectivity index (χ2n) is 8.11. The maximum atomic E-state index is 12.2. The number of hydrogen-bond acceptors (Lipinski definition) is 5. The summed E-state index contributed by atoms with van der Waals surface area (Å²) in [5.41, 5.74) is 2.32. The molecule has 2 aromatic rings. The van der Waals surface area contributed by atoms with Crippen molar-refractivity contribution < 1.29 is 9.53 Å². The highest BCUT2D eigenvalue weighted by atomic mass is 32.1. The summed E-state index contributed by atoms with van der Waals surface area (Å²) in [5, 5.41) is 4.32. The molecule has 5 nitrogen and oxygen atoms in total. The Labute approximate surface area is 171 Å². The standard InChI is InChI=1S/C22H29N3O2S/c1-15(2)25-13-19(14-25)22-24-12-20(28-22)17-5-3-16(4-6-17)11-23-21(26)18-7-9-27-10-8-18/h3-6,12,15,18-19H,7-11,13-14H2,1-2H3,(H,23,26). The summed E-state index contributed by atoms with van der Waals surface area (Å²) in [5.74, 6) is 0.831. The molecule has 2 aliphatic heterocycles. The van der Waals surface area contributed by atoms with E-state index >= 15 is 0 Å². The largest absolute Gasteiger partial charge is 0.381 e. The molecule has 0 spiro atoms. The lowest BCUT2D eigenvalue weighted by molar-refractivity contribution is -0.128. The minimum Gasteiger partial charge on any atom is -0.381 e. The zero-order chi connectivity index (χ0) is 19.5. The zero-order valence-corrected chi connectivity index (χ0v) is 17.5. The molecule has 0 saturated carbocycles. The van der Waals surface area contributed by atoms with Crippen LogP contribution in [0.4, 0.5) is 0 Å². The van der Waals surface area contributed by atoms with Crippen molar-refractivity contribution in [3.05, 3.63) is 41.0 Å². The first-order valence-electron chi connectivity index (χ1n) is 10.2. The normalized spacial score (nSPS) is 19.0. The molecule has 6 heteroatoms. The van der Waals surface area contributed by atoms with E-state index in [1.165, 1.54) is 15.4 Å². The van der Waals surface area contributed by atoms with Gasteiger partial charge in [0.25, 0.3) is 0 Å². The van der Waals surface area contributed by atoms with Crippen molar-refractivity contribution in [2.45, 2.75) is 45.2 Å². The summed E-state index contributed by atoms with van der Waals surface area (Å²) in [6.07, 6.45) is 3.66. The van der Waals surface area contributed by atoms with Crippen LogP contribution >= 0.6 is 11.3 Å². The number of rotatable bonds is 6. The van der Waals surface area contributed by atoms with Crippen LogP contribution in [-0.2, 0) is 16.1 Å². The molecule has 2 aliphatic rings. The fourth-order valence-electron chi connectivity index (χ4n) is 3.78. The third-order valence-corrected chi connectivity index (χ3v) is 7.02. The van der Waals surface area contributed by atoms with E-state index in [1.54, 1.807) is 0 Å². The van der Waals surface area contributed by atoms with E-state index in [9.17, 15) is 4.79 Å². The Bertz CT molecular complexity index is 790. The fraction of sp³-hybridized carbons (Fsp3) is 0.545. The predicted octanol–water partition coefficient (Wildman–Crippen LogP) is 3.66. The quantitative estimate of drug-likeness (QED) is 0.805. The van der Waals surface area contributed by atoms with E-state index < -0.39 is 0 Å². The van der Waals surface area contributed by atoms with Crippen molar-refractivity contribution in [3.63, 3.8) is 0 Å². The Morgan fingerprint density at radius 1 is 1.25 bits per heavy atom. The summed E-state index contributed by atoms with van der Waals surface area (Å²) in [7, 11) is 0. The maximum Gasteiger partial charge on any atom is 0.223 e. The van der Waals surface area contributed by atoms with Crippen LogP contribution in [0, 0.1) is 5.92 Å². The van der Waals surface area contributed by atoms with Gasteiger partial charge in [-0.15, -0.1) is 11.3 Å². The number of amides is 1. The minimum atomic E-state index is 0.0989. The van der Waals surface area contributed by atoms with Crippen molar-refractivity contribution in [3.8, 4) is 10.4 Å². The number of carbonyl (C=O) groups is 1. The molecule has 3 heterocycles. The van der Waals surface area contributed by atoms with E-state index in [2.05, 4.69) is 53.3 Å². The summed E-state index contributed by atoms with van der Waals surface area (Å²) in [6.45, 7) is 8.71. The molecule has 1 aromatic carbocycles. The van der Waals surface area contributed by atoms with E-state index in [-0.39, 0.29) is 11.8 Å². The molecule has 28 heavy (non-hydrogen) atoms. The van der Waals surface area contributed by atoms with E-state index in [4.69, 9.17) is 4.74 Å². The smallest absolute Gasteiger partial charge is 0.223 e. The average Bonchev–Trinajstić information content (AvgIpc) is 3.15. The van der Waals surface area contributed by atoms with Gasteiger partial charge in [0.2, 0.25) is 5.91 Å². The Balaban J connectivity index is 1.30. The van der Waals surface area contributed by atoms with Gasteiger partial charge in [-0.2, -0.15) is 0 Å². The molecule has 2 fully saturated rings. The number of nitrogens with one attached hydrogen (secondary N) is 1. The molecule has 0 bridgehead atoms. The number of ether oxygens (including phenoxy) is 1. The molecule has 1 N–H and O–H groups in total. The van der Waals surface area contributed by atoms with Crippen LogP contribution in [0.2, 0.25) is 0 Å². The molecule has 1 aromatic heterocycles. The molecule has 4 rings (SSSR count). The highest BCUT2D eigenvalue weighted by molar-refractivity contribution is 7.15. The first-order valence-corrected chi connectivity index (χ1v) is 11.1. The molecule has 2 saturated heterocycles. The summed E-state index contributed by atoms with van der Waals surface area (Å²) < 4.78 is 5.32. The van der Waals surface area contributed by atoms with E-state index in [0.29, 0.717) is 31.7 Å². The number of hydrogen-bond donors (Lipinski definition) is 1. The summed E-state index contributed by atoms with van der Waals surface area (Å²) in [6, 6.07) is 9.09. The van der Waals surface area contributed by atoms with Crippen LogP contribution in [0.1, 0.15) is 43.2 Å². The average molecular weight is 400 g/mol. The van der Waals surface area contributed by atoms with Gasteiger partial charge in [-0.05, 0) is 37.8 Å². The third-order valence-electron chi connectivity index (χ3n) is 5.81. The SMILES string of the molecule is CC(C)N1CC(c2ncc(-c3ccc(CNC(=O)C4CCOCC4)cc3)s2)C1. The van der Waals surface area contributed by atoms with Gasteiger partial charge in [0.05, 0.1) is 9.88 Å². The number of aromatic nitrogens is 1. The monoisotopic (exact) mass is 399 g/mol. The Morgan fingerprint density at radius 3 is 2.64 bits per heavy atom. The van der Waals surface area contributed by atoms with Gasteiger partial charge in [0, 0.05) is 56.9 Å². The summed E-state index contributed by atoms with van der Waals surface area (Å²) >= 11 is 1.81. The topological polar surface area (TPSA) is 54.5 Å². The van der Waals surface area contributed by atoms with Crippen molar-refractivity contribution in [1.29, 1.82) is 0 Å². The Hall–Kier alpha value is -1.76. The number of thiazole rings is 1. The highest BCUT2D eigenvalue weighted by Gasteiger charge is 2.31. The van der Waals surface area contributed by atoms with E-state index in [0.717, 1.165) is 31.5 Å². The maximum absolute atomic E-state index is 12.2.